The first-order valence-corrected chi connectivity index (χ1v) is 11.8. The van der Waals surface area contributed by atoms with E-state index >= 15 is 0 Å². The zero-order valence-electron chi connectivity index (χ0n) is 20.7. The van der Waals surface area contributed by atoms with Crippen LogP contribution in [0.15, 0.2) is 36.1 Å². The van der Waals surface area contributed by atoms with Gasteiger partial charge in [-0.15, -0.1) is 0 Å². The molecule has 30 heavy (non-hydrogen) atoms. The summed E-state index contributed by atoms with van der Waals surface area (Å²) in [5.41, 5.74) is 2.59. The van der Waals surface area contributed by atoms with Crippen LogP contribution in [-0.2, 0) is 9.53 Å². The number of fused-ring (bicyclic) bond motifs is 1. The maximum absolute atomic E-state index is 12.5. The van der Waals surface area contributed by atoms with Crippen LogP contribution in [0, 0.1) is 34.5 Å². The molecule has 0 spiro atoms. The minimum Gasteiger partial charge on any atom is -0.497 e. The second kappa shape index (κ2) is 9.32. The summed E-state index contributed by atoms with van der Waals surface area (Å²) in [6.45, 7) is 27.4. The SMILES string of the molecule is C=C1CC(C)C(C)(C)C[C@@H](C)/C(=C\CC)C(C)C2NC(=O)C[C@]2(C)COC(=C)C1C. The summed E-state index contributed by atoms with van der Waals surface area (Å²) in [4.78, 5) is 12.5. The van der Waals surface area contributed by atoms with Crippen molar-refractivity contribution in [3.05, 3.63) is 36.1 Å². The summed E-state index contributed by atoms with van der Waals surface area (Å²) in [6.07, 6.45) is 6.01. The Hall–Kier alpha value is -1.51. The van der Waals surface area contributed by atoms with Crippen molar-refractivity contribution in [1.29, 1.82) is 0 Å². The molecule has 2 rings (SSSR count). The minimum atomic E-state index is -0.250. The summed E-state index contributed by atoms with van der Waals surface area (Å²) in [5, 5.41) is 3.29. The maximum Gasteiger partial charge on any atom is 0.221 e. The molecule has 4 unspecified atom stereocenters. The van der Waals surface area contributed by atoms with Crippen LogP contribution in [0.1, 0.15) is 81.1 Å². The number of carbonyl (C=O) groups is 1. The molecule has 2 aliphatic heterocycles. The fourth-order valence-electron chi connectivity index (χ4n) is 5.57. The van der Waals surface area contributed by atoms with Gasteiger partial charge >= 0.3 is 0 Å². The predicted octanol–water partition coefficient (Wildman–Crippen LogP) is 6.67. The van der Waals surface area contributed by atoms with E-state index in [9.17, 15) is 4.79 Å². The van der Waals surface area contributed by atoms with E-state index in [2.05, 4.69) is 79.9 Å². The number of carbonyl (C=O) groups excluding carboxylic acids is 1. The molecule has 2 saturated heterocycles. The first-order valence-electron chi connectivity index (χ1n) is 11.8. The highest BCUT2D eigenvalue weighted by molar-refractivity contribution is 5.80. The van der Waals surface area contributed by atoms with Crippen LogP contribution in [0.25, 0.3) is 0 Å². The Balaban J connectivity index is 2.48. The smallest absolute Gasteiger partial charge is 0.221 e. The van der Waals surface area contributed by atoms with Gasteiger partial charge in [0.15, 0.2) is 0 Å². The highest BCUT2D eigenvalue weighted by Crippen LogP contribution is 2.45. The van der Waals surface area contributed by atoms with E-state index in [1.807, 2.05) is 0 Å². The first kappa shape index (κ1) is 24.8. The van der Waals surface area contributed by atoms with E-state index < -0.39 is 0 Å². The molecule has 6 atom stereocenters. The van der Waals surface area contributed by atoms with Crippen LogP contribution in [0.2, 0.25) is 0 Å². The summed E-state index contributed by atoms with van der Waals surface area (Å²) in [5.74, 6) is 2.26. The van der Waals surface area contributed by atoms with Crippen LogP contribution in [0.3, 0.4) is 0 Å². The Morgan fingerprint density at radius 2 is 1.80 bits per heavy atom. The molecule has 3 nitrogen and oxygen atoms in total. The van der Waals surface area contributed by atoms with Crippen molar-refractivity contribution in [2.45, 2.75) is 87.1 Å². The summed E-state index contributed by atoms with van der Waals surface area (Å²) >= 11 is 0. The molecule has 1 amide bonds. The number of allylic oxidation sites excluding steroid dienone is 2. The highest BCUT2D eigenvalue weighted by atomic mass is 16.5. The minimum absolute atomic E-state index is 0.0695. The van der Waals surface area contributed by atoms with Gasteiger partial charge in [-0.25, -0.2) is 0 Å². The predicted molar refractivity (Wildman–Crippen MR) is 127 cm³/mol. The molecule has 2 heterocycles. The number of hydrogen-bond donors (Lipinski definition) is 1. The molecule has 0 radical (unpaired) electrons. The van der Waals surface area contributed by atoms with Crippen molar-refractivity contribution in [2.24, 2.45) is 34.5 Å². The Morgan fingerprint density at radius 1 is 1.17 bits per heavy atom. The zero-order chi connectivity index (χ0) is 22.9. The van der Waals surface area contributed by atoms with Crippen LogP contribution in [0.4, 0.5) is 0 Å². The van der Waals surface area contributed by atoms with E-state index in [0.717, 1.165) is 25.0 Å². The highest BCUT2D eigenvalue weighted by Gasteiger charge is 2.48. The van der Waals surface area contributed by atoms with Crippen molar-refractivity contribution in [3.8, 4) is 0 Å². The molecular formula is C27H45NO2. The van der Waals surface area contributed by atoms with E-state index in [4.69, 9.17) is 4.74 Å². The molecular weight excluding hydrogens is 370 g/mol. The topological polar surface area (TPSA) is 38.3 Å². The normalized spacial score (nSPS) is 39.8. The van der Waals surface area contributed by atoms with E-state index in [0.29, 0.717) is 24.9 Å². The molecule has 170 valence electrons. The molecule has 2 fully saturated rings. The molecule has 0 aromatic carbocycles. The lowest BCUT2D eigenvalue weighted by molar-refractivity contribution is -0.120. The van der Waals surface area contributed by atoms with Crippen molar-refractivity contribution in [3.63, 3.8) is 0 Å². The Bertz CT molecular complexity index is 704. The second-order valence-electron chi connectivity index (χ2n) is 11.1. The van der Waals surface area contributed by atoms with Gasteiger partial charge in [-0.05, 0) is 42.4 Å². The maximum atomic E-state index is 12.5. The fourth-order valence-corrected chi connectivity index (χ4v) is 5.57. The third kappa shape index (κ3) is 5.21. The van der Waals surface area contributed by atoms with Gasteiger partial charge in [0.05, 0.1) is 12.4 Å². The lowest BCUT2D eigenvalue weighted by atomic mass is 9.66. The van der Waals surface area contributed by atoms with Gasteiger partial charge in [0.1, 0.15) is 0 Å². The van der Waals surface area contributed by atoms with Crippen LogP contribution < -0.4 is 5.32 Å². The van der Waals surface area contributed by atoms with Crippen molar-refractivity contribution < 1.29 is 9.53 Å². The van der Waals surface area contributed by atoms with Gasteiger partial charge in [-0.2, -0.15) is 0 Å². The first-order chi connectivity index (χ1) is 13.8. The number of ether oxygens (including phenoxy) is 1. The Morgan fingerprint density at radius 3 is 2.40 bits per heavy atom. The second-order valence-corrected chi connectivity index (χ2v) is 11.1. The lowest BCUT2D eigenvalue weighted by Crippen LogP contribution is -2.45. The molecule has 0 saturated carbocycles. The average molecular weight is 416 g/mol. The Kier molecular flexibility index (Phi) is 7.69. The van der Waals surface area contributed by atoms with Crippen LogP contribution in [0.5, 0.6) is 0 Å². The molecule has 2 aliphatic rings. The largest absolute Gasteiger partial charge is 0.497 e. The zero-order valence-corrected chi connectivity index (χ0v) is 20.7. The Labute approximate surface area is 185 Å². The lowest BCUT2D eigenvalue weighted by Gasteiger charge is -2.41. The third-order valence-electron chi connectivity index (χ3n) is 8.08. The molecule has 0 aromatic rings. The van der Waals surface area contributed by atoms with Crippen molar-refractivity contribution >= 4 is 5.91 Å². The van der Waals surface area contributed by atoms with E-state index in [1.165, 1.54) is 11.1 Å². The van der Waals surface area contributed by atoms with Gasteiger partial charge in [0.2, 0.25) is 5.91 Å². The van der Waals surface area contributed by atoms with Crippen LogP contribution >= 0.6 is 0 Å². The molecule has 0 aliphatic carbocycles. The van der Waals surface area contributed by atoms with Crippen molar-refractivity contribution in [1.82, 2.24) is 5.32 Å². The number of amides is 1. The molecule has 0 bridgehead atoms. The van der Waals surface area contributed by atoms with E-state index in [1.54, 1.807) is 0 Å². The van der Waals surface area contributed by atoms with Crippen molar-refractivity contribution in [2.75, 3.05) is 6.61 Å². The van der Waals surface area contributed by atoms with Gasteiger partial charge in [-0.1, -0.05) is 85.8 Å². The fraction of sp³-hybridized carbons (Fsp3) is 0.741. The van der Waals surface area contributed by atoms with Gasteiger partial charge in [0.25, 0.3) is 0 Å². The third-order valence-corrected chi connectivity index (χ3v) is 8.08. The number of rotatable bonds is 1. The van der Waals surface area contributed by atoms with Gasteiger partial charge in [-0.3, -0.25) is 4.79 Å². The van der Waals surface area contributed by atoms with Gasteiger partial charge < -0.3 is 10.1 Å². The molecule has 0 aromatic heterocycles. The number of nitrogens with one attached hydrogen (secondary N) is 1. The monoisotopic (exact) mass is 415 g/mol. The summed E-state index contributed by atoms with van der Waals surface area (Å²) in [6, 6.07) is 0.0695. The summed E-state index contributed by atoms with van der Waals surface area (Å²) < 4.78 is 6.23. The van der Waals surface area contributed by atoms with Crippen LogP contribution in [-0.4, -0.2) is 18.6 Å². The number of hydrogen-bond acceptors (Lipinski definition) is 2. The standard InChI is InChI=1S/C27H45NO2/c1-11-12-23-18(3)14-26(8,9)19(4)13-17(2)20(5)22(7)30-16-27(10)15-24(29)28-25(27)21(23)6/h12,18-21,25H,2,7,11,13-16H2,1,3-6,8-10H3,(H,28,29)/b23-12+/t18-,19?,20?,21?,25?,27-/m1/s1. The average Bonchev–Trinajstić information content (AvgIpc) is 2.96. The van der Waals surface area contributed by atoms with Gasteiger partial charge in [0, 0.05) is 23.8 Å². The van der Waals surface area contributed by atoms with E-state index in [-0.39, 0.29) is 34.6 Å². The molecule has 3 heteroatoms. The molecule has 1 N–H and O–H groups in total. The summed E-state index contributed by atoms with van der Waals surface area (Å²) in [7, 11) is 0. The quantitative estimate of drug-likeness (QED) is 0.486.